The number of nitrogens with one attached hydrogen (secondary N) is 1. The van der Waals surface area contributed by atoms with Crippen LogP contribution >= 0.6 is 0 Å². The number of fused-ring (bicyclic) bond motifs is 1. The molecule has 0 radical (unpaired) electrons. The SMILES string of the molecule is N/C(=N/O)C1(C(=O)N2CC(=O)Nc3ccccc32)CCC1. The molecule has 0 bridgehead atoms. The summed E-state index contributed by atoms with van der Waals surface area (Å²) in [5.74, 6) is -0.621. The number of hydrogen-bond acceptors (Lipinski definition) is 4. The molecule has 7 heteroatoms. The first-order chi connectivity index (χ1) is 10.1. The number of rotatable bonds is 2. The number of amides is 2. The topological polar surface area (TPSA) is 108 Å². The van der Waals surface area contributed by atoms with Crippen molar-refractivity contribution in [3.63, 3.8) is 0 Å². The monoisotopic (exact) mass is 288 g/mol. The number of carbonyl (C=O) groups excluding carboxylic acids is 2. The minimum absolute atomic E-state index is 0.0592. The molecule has 110 valence electrons. The van der Waals surface area contributed by atoms with Gasteiger partial charge in [0.2, 0.25) is 11.8 Å². The zero-order valence-corrected chi connectivity index (χ0v) is 11.4. The van der Waals surface area contributed by atoms with E-state index in [0.29, 0.717) is 24.2 Å². The number of nitrogens with two attached hydrogens (primary N) is 1. The molecule has 4 N–H and O–H groups in total. The number of anilines is 2. The number of amidine groups is 1. The summed E-state index contributed by atoms with van der Waals surface area (Å²) in [6.45, 7) is -0.0592. The van der Waals surface area contributed by atoms with E-state index < -0.39 is 5.41 Å². The Labute approximate surface area is 121 Å². The van der Waals surface area contributed by atoms with E-state index in [1.54, 1.807) is 24.3 Å². The van der Waals surface area contributed by atoms with Gasteiger partial charge >= 0.3 is 0 Å². The number of para-hydroxylation sites is 2. The average molecular weight is 288 g/mol. The second-order valence-corrected chi connectivity index (χ2v) is 5.38. The Morgan fingerprint density at radius 3 is 2.71 bits per heavy atom. The summed E-state index contributed by atoms with van der Waals surface area (Å²) in [6.07, 6.45) is 1.90. The summed E-state index contributed by atoms with van der Waals surface area (Å²) in [4.78, 5) is 26.1. The lowest BCUT2D eigenvalue weighted by molar-refractivity contribution is -0.129. The van der Waals surface area contributed by atoms with Crippen molar-refractivity contribution in [2.24, 2.45) is 16.3 Å². The molecule has 7 nitrogen and oxygen atoms in total. The Morgan fingerprint density at radius 1 is 1.38 bits per heavy atom. The lowest BCUT2D eigenvalue weighted by Gasteiger charge is -2.43. The van der Waals surface area contributed by atoms with Gasteiger partial charge in [-0.05, 0) is 25.0 Å². The van der Waals surface area contributed by atoms with E-state index in [1.807, 2.05) is 0 Å². The highest BCUT2D eigenvalue weighted by Crippen LogP contribution is 2.44. The van der Waals surface area contributed by atoms with Crippen LogP contribution in [0.15, 0.2) is 29.4 Å². The lowest BCUT2D eigenvalue weighted by Crippen LogP contribution is -2.57. The van der Waals surface area contributed by atoms with E-state index in [4.69, 9.17) is 10.9 Å². The summed E-state index contributed by atoms with van der Waals surface area (Å²) in [7, 11) is 0. The lowest BCUT2D eigenvalue weighted by atomic mass is 9.66. The predicted molar refractivity (Wildman–Crippen MR) is 77.1 cm³/mol. The molecule has 0 spiro atoms. The summed E-state index contributed by atoms with van der Waals surface area (Å²) >= 11 is 0. The molecule has 0 saturated heterocycles. The van der Waals surface area contributed by atoms with Gasteiger partial charge in [0.25, 0.3) is 0 Å². The molecule has 1 aromatic rings. The molecule has 0 unspecified atom stereocenters. The third-order valence-electron chi connectivity index (χ3n) is 4.23. The molecule has 1 fully saturated rings. The van der Waals surface area contributed by atoms with E-state index in [1.165, 1.54) is 4.90 Å². The van der Waals surface area contributed by atoms with Gasteiger partial charge in [-0.25, -0.2) is 0 Å². The van der Waals surface area contributed by atoms with E-state index in [-0.39, 0.29) is 24.2 Å². The summed E-state index contributed by atoms with van der Waals surface area (Å²) in [5, 5.41) is 14.7. The van der Waals surface area contributed by atoms with Crippen LogP contribution in [0.4, 0.5) is 11.4 Å². The fourth-order valence-corrected chi connectivity index (χ4v) is 2.88. The predicted octanol–water partition coefficient (Wildman–Crippen LogP) is 0.888. The van der Waals surface area contributed by atoms with Crippen LogP contribution in [0.1, 0.15) is 19.3 Å². The van der Waals surface area contributed by atoms with Gasteiger partial charge in [-0.2, -0.15) is 0 Å². The Hall–Kier alpha value is -2.57. The Balaban J connectivity index is 2.00. The fourth-order valence-electron chi connectivity index (χ4n) is 2.88. The van der Waals surface area contributed by atoms with Crippen molar-refractivity contribution in [2.45, 2.75) is 19.3 Å². The molecule has 21 heavy (non-hydrogen) atoms. The number of carbonyl (C=O) groups is 2. The van der Waals surface area contributed by atoms with Crippen molar-refractivity contribution in [1.82, 2.24) is 0 Å². The highest BCUT2D eigenvalue weighted by molar-refractivity contribution is 6.18. The minimum Gasteiger partial charge on any atom is -0.409 e. The molecule has 0 atom stereocenters. The Kier molecular flexibility index (Phi) is 3.04. The van der Waals surface area contributed by atoms with E-state index in [9.17, 15) is 9.59 Å². The van der Waals surface area contributed by atoms with Gasteiger partial charge in [0.15, 0.2) is 5.84 Å². The van der Waals surface area contributed by atoms with Gasteiger partial charge < -0.3 is 21.2 Å². The van der Waals surface area contributed by atoms with Crippen molar-refractivity contribution >= 4 is 29.0 Å². The quantitative estimate of drug-likeness (QED) is 0.325. The van der Waals surface area contributed by atoms with Crippen LogP contribution in [0.5, 0.6) is 0 Å². The fraction of sp³-hybridized carbons (Fsp3) is 0.357. The van der Waals surface area contributed by atoms with Crippen LogP contribution in [0.3, 0.4) is 0 Å². The van der Waals surface area contributed by atoms with Crippen LogP contribution in [0.25, 0.3) is 0 Å². The number of hydrogen-bond donors (Lipinski definition) is 3. The Bertz CT molecular complexity index is 637. The van der Waals surface area contributed by atoms with Gasteiger partial charge in [-0.3, -0.25) is 9.59 Å². The van der Waals surface area contributed by atoms with Crippen LogP contribution < -0.4 is 16.0 Å². The molecule has 1 aromatic carbocycles. The van der Waals surface area contributed by atoms with Crippen molar-refractivity contribution in [2.75, 3.05) is 16.8 Å². The summed E-state index contributed by atoms with van der Waals surface area (Å²) in [5.41, 5.74) is 5.97. The van der Waals surface area contributed by atoms with Crippen molar-refractivity contribution in [3.05, 3.63) is 24.3 Å². The second kappa shape index (κ2) is 4.76. The molecule has 1 saturated carbocycles. The third kappa shape index (κ3) is 1.93. The standard InChI is InChI=1S/C14H16N4O3/c15-12(17-21)14(6-3-7-14)13(20)18-8-11(19)16-9-4-1-2-5-10(9)18/h1-2,4-5,21H,3,6-8H2,(H2,15,17)(H,16,19). The van der Waals surface area contributed by atoms with Crippen LogP contribution in [0, 0.1) is 5.41 Å². The van der Waals surface area contributed by atoms with Crippen LogP contribution in [-0.4, -0.2) is 29.4 Å². The zero-order chi connectivity index (χ0) is 15.0. The molecule has 1 aliphatic carbocycles. The molecule has 1 heterocycles. The number of benzene rings is 1. The summed E-state index contributed by atoms with van der Waals surface area (Å²) in [6, 6.07) is 7.10. The first-order valence-electron chi connectivity index (χ1n) is 6.77. The zero-order valence-electron chi connectivity index (χ0n) is 11.4. The van der Waals surface area contributed by atoms with Gasteiger partial charge in [0, 0.05) is 0 Å². The largest absolute Gasteiger partial charge is 0.409 e. The second-order valence-electron chi connectivity index (χ2n) is 5.38. The van der Waals surface area contributed by atoms with Crippen molar-refractivity contribution in [1.29, 1.82) is 0 Å². The normalized spacial score (nSPS) is 20.3. The number of nitrogens with zero attached hydrogens (tertiary/aromatic N) is 2. The maximum absolute atomic E-state index is 12.9. The molecule has 2 amide bonds. The van der Waals surface area contributed by atoms with E-state index in [0.717, 1.165) is 6.42 Å². The minimum atomic E-state index is -0.987. The molecular weight excluding hydrogens is 272 g/mol. The molecule has 3 rings (SSSR count). The number of oxime groups is 1. The van der Waals surface area contributed by atoms with Crippen molar-refractivity contribution < 1.29 is 14.8 Å². The highest BCUT2D eigenvalue weighted by Gasteiger charge is 2.51. The van der Waals surface area contributed by atoms with Gasteiger partial charge in [0.05, 0.1) is 11.4 Å². The summed E-state index contributed by atoms with van der Waals surface area (Å²) < 4.78 is 0. The maximum atomic E-state index is 12.9. The smallest absolute Gasteiger partial charge is 0.244 e. The van der Waals surface area contributed by atoms with Crippen LogP contribution in [-0.2, 0) is 9.59 Å². The first kappa shape index (κ1) is 13.4. The molecule has 2 aliphatic rings. The Morgan fingerprint density at radius 2 is 2.10 bits per heavy atom. The molecule has 0 aromatic heterocycles. The maximum Gasteiger partial charge on any atom is 0.244 e. The highest BCUT2D eigenvalue weighted by atomic mass is 16.4. The van der Waals surface area contributed by atoms with Gasteiger partial charge in [0.1, 0.15) is 12.0 Å². The first-order valence-corrected chi connectivity index (χ1v) is 6.77. The van der Waals surface area contributed by atoms with E-state index in [2.05, 4.69) is 10.5 Å². The van der Waals surface area contributed by atoms with E-state index >= 15 is 0 Å². The molecular formula is C14H16N4O3. The van der Waals surface area contributed by atoms with Gasteiger partial charge in [-0.15, -0.1) is 0 Å². The van der Waals surface area contributed by atoms with Crippen LogP contribution in [0.2, 0.25) is 0 Å². The molecule has 1 aliphatic heterocycles. The third-order valence-corrected chi connectivity index (χ3v) is 4.23. The average Bonchev–Trinajstić information content (AvgIpc) is 2.44. The van der Waals surface area contributed by atoms with Gasteiger partial charge in [-0.1, -0.05) is 23.7 Å². The van der Waals surface area contributed by atoms with Crippen molar-refractivity contribution in [3.8, 4) is 0 Å².